The van der Waals surface area contributed by atoms with Crippen molar-refractivity contribution in [3.8, 4) is 11.5 Å². The van der Waals surface area contributed by atoms with Crippen LogP contribution >= 0.6 is 0 Å². The Morgan fingerprint density at radius 3 is 2.43 bits per heavy atom. The van der Waals surface area contributed by atoms with Gasteiger partial charge in [-0.05, 0) is 54.3 Å². The molecule has 224 valence electrons. The van der Waals surface area contributed by atoms with E-state index in [9.17, 15) is 9.59 Å². The van der Waals surface area contributed by atoms with E-state index in [1.54, 1.807) is 42.4 Å². The van der Waals surface area contributed by atoms with Crippen LogP contribution in [0.5, 0.6) is 11.5 Å². The molecule has 1 aromatic heterocycles. The maximum atomic E-state index is 13.8. The van der Waals surface area contributed by atoms with Crippen LogP contribution in [0.3, 0.4) is 0 Å². The first-order valence-corrected chi connectivity index (χ1v) is 14.4. The third-order valence-corrected chi connectivity index (χ3v) is 7.26. The van der Waals surface area contributed by atoms with Gasteiger partial charge in [0.05, 0.1) is 40.2 Å². The third kappa shape index (κ3) is 9.49. The Labute approximate surface area is 248 Å². The van der Waals surface area contributed by atoms with Crippen molar-refractivity contribution < 1.29 is 28.2 Å². The number of hydrogen-bond donors (Lipinski definition) is 0. The fraction of sp³-hybridized carbons (Fsp3) is 0.394. The molecule has 0 N–H and O–H groups in total. The van der Waals surface area contributed by atoms with E-state index in [2.05, 4.69) is 4.90 Å². The average Bonchev–Trinajstić information content (AvgIpc) is 3.55. The van der Waals surface area contributed by atoms with Crippen LogP contribution in [0.1, 0.15) is 23.3 Å². The van der Waals surface area contributed by atoms with Gasteiger partial charge < -0.3 is 28.4 Å². The summed E-state index contributed by atoms with van der Waals surface area (Å²) in [5.41, 5.74) is 1.94. The second kappa shape index (κ2) is 16.4. The lowest BCUT2D eigenvalue weighted by Gasteiger charge is -2.29. The maximum Gasteiger partial charge on any atom is 0.247 e. The average molecular weight is 576 g/mol. The number of methoxy groups -OCH3 is 2. The number of amides is 2. The molecule has 3 aromatic rings. The van der Waals surface area contributed by atoms with Crippen molar-refractivity contribution in [1.29, 1.82) is 0 Å². The second-order valence-electron chi connectivity index (χ2n) is 10.1. The minimum Gasteiger partial charge on any atom is -0.493 e. The van der Waals surface area contributed by atoms with Gasteiger partial charge in [-0.3, -0.25) is 14.5 Å². The number of carbonyl (C=O) groups is 2. The fourth-order valence-corrected chi connectivity index (χ4v) is 4.86. The summed E-state index contributed by atoms with van der Waals surface area (Å²) < 4.78 is 21.8. The lowest BCUT2D eigenvalue weighted by molar-refractivity contribution is -0.138. The van der Waals surface area contributed by atoms with Gasteiger partial charge in [0, 0.05) is 38.8 Å². The highest BCUT2D eigenvalue weighted by molar-refractivity contribution is 5.94. The van der Waals surface area contributed by atoms with Crippen LogP contribution in [0.2, 0.25) is 0 Å². The van der Waals surface area contributed by atoms with Gasteiger partial charge in [-0.25, -0.2) is 0 Å². The van der Waals surface area contributed by atoms with Crippen molar-refractivity contribution in [2.75, 3.05) is 66.7 Å². The molecule has 1 aliphatic heterocycles. The van der Waals surface area contributed by atoms with Gasteiger partial charge in [-0.15, -0.1) is 0 Å². The summed E-state index contributed by atoms with van der Waals surface area (Å²) in [4.78, 5) is 32.9. The Morgan fingerprint density at radius 1 is 0.929 bits per heavy atom. The molecule has 4 rings (SSSR count). The first kappa shape index (κ1) is 30.9. The molecule has 2 amide bonds. The molecule has 0 saturated carbocycles. The SMILES string of the molecule is COc1ccc(CCN(Cc2ccco2)C(=O)CN(CCCN2CCOCC2)C(=O)/C=C/c2ccccc2)cc1OC. The Hall–Kier alpha value is -4.08. The summed E-state index contributed by atoms with van der Waals surface area (Å²) in [6, 6.07) is 19.1. The molecular weight excluding hydrogens is 534 g/mol. The summed E-state index contributed by atoms with van der Waals surface area (Å²) in [5, 5.41) is 0. The van der Waals surface area contributed by atoms with Crippen LogP contribution in [0.25, 0.3) is 6.08 Å². The number of carbonyl (C=O) groups excluding carboxylic acids is 2. The molecule has 0 atom stereocenters. The van der Waals surface area contributed by atoms with E-state index in [1.807, 2.05) is 60.7 Å². The van der Waals surface area contributed by atoms with Crippen LogP contribution in [-0.4, -0.2) is 93.2 Å². The molecule has 0 spiro atoms. The van der Waals surface area contributed by atoms with Gasteiger partial charge in [0.25, 0.3) is 0 Å². The molecule has 2 aromatic carbocycles. The molecule has 9 nitrogen and oxygen atoms in total. The Kier molecular flexibility index (Phi) is 12.0. The molecule has 1 fully saturated rings. The van der Waals surface area contributed by atoms with Crippen molar-refractivity contribution in [3.05, 3.63) is 89.9 Å². The quantitative estimate of drug-likeness (QED) is 0.252. The summed E-state index contributed by atoms with van der Waals surface area (Å²) >= 11 is 0. The zero-order chi connectivity index (χ0) is 29.6. The van der Waals surface area contributed by atoms with E-state index in [-0.39, 0.29) is 18.4 Å². The Balaban J connectivity index is 1.46. The van der Waals surface area contributed by atoms with Crippen LogP contribution in [0, 0.1) is 0 Å². The van der Waals surface area contributed by atoms with E-state index in [0.29, 0.717) is 43.3 Å². The molecular formula is C33H41N3O6. The van der Waals surface area contributed by atoms with Gasteiger partial charge >= 0.3 is 0 Å². The van der Waals surface area contributed by atoms with Crippen molar-refractivity contribution in [2.45, 2.75) is 19.4 Å². The largest absolute Gasteiger partial charge is 0.493 e. The summed E-state index contributed by atoms with van der Waals surface area (Å²) in [7, 11) is 3.20. The molecule has 0 aliphatic carbocycles. The first-order chi connectivity index (χ1) is 20.6. The molecule has 9 heteroatoms. The predicted octanol–water partition coefficient (Wildman–Crippen LogP) is 4.13. The lowest BCUT2D eigenvalue weighted by Crippen LogP contribution is -2.44. The highest BCUT2D eigenvalue weighted by atomic mass is 16.5. The van der Waals surface area contributed by atoms with E-state index in [1.165, 1.54) is 0 Å². The van der Waals surface area contributed by atoms with Crippen molar-refractivity contribution in [3.63, 3.8) is 0 Å². The van der Waals surface area contributed by atoms with Crippen LogP contribution in [0.15, 0.2) is 77.4 Å². The van der Waals surface area contributed by atoms with Gasteiger partial charge in [0.2, 0.25) is 11.8 Å². The summed E-state index contributed by atoms with van der Waals surface area (Å²) in [6.07, 6.45) is 6.31. The molecule has 42 heavy (non-hydrogen) atoms. The highest BCUT2D eigenvalue weighted by Gasteiger charge is 2.22. The van der Waals surface area contributed by atoms with E-state index in [0.717, 1.165) is 50.4 Å². The van der Waals surface area contributed by atoms with Crippen molar-refractivity contribution in [2.24, 2.45) is 0 Å². The molecule has 1 aliphatic rings. The van der Waals surface area contributed by atoms with Crippen molar-refractivity contribution >= 4 is 17.9 Å². The number of nitrogens with zero attached hydrogens (tertiary/aromatic N) is 3. The topological polar surface area (TPSA) is 84.7 Å². The van der Waals surface area contributed by atoms with Gasteiger partial charge in [-0.1, -0.05) is 36.4 Å². The fourth-order valence-electron chi connectivity index (χ4n) is 4.86. The molecule has 1 saturated heterocycles. The van der Waals surface area contributed by atoms with Crippen LogP contribution in [-0.2, 0) is 27.3 Å². The Bertz CT molecular complexity index is 1270. The van der Waals surface area contributed by atoms with Gasteiger partial charge in [-0.2, -0.15) is 0 Å². The normalized spacial score (nSPS) is 13.7. The minimum atomic E-state index is -0.188. The first-order valence-electron chi connectivity index (χ1n) is 14.4. The monoisotopic (exact) mass is 575 g/mol. The number of morpholine rings is 1. The van der Waals surface area contributed by atoms with Crippen LogP contribution < -0.4 is 9.47 Å². The predicted molar refractivity (Wildman–Crippen MR) is 161 cm³/mol. The number of rotatable bonds is 15. The molecule has 0 bridgehead atoms. The summed E-state index contributed by atoms with van der Waals surface area (Å²) in [6.45, 7) is 5.28. The number of benzene rings is 2. The second-order valence-corrected chi connectivity index (χ2v) is 10.1. The molecule has 0 radical (unpaired) electrons. The Morgan fingerprint density at radius 2 is 1.71 bits per heavy atom. The van der Waals surface area contributed by atoms with E-state index in [4.69, 9.17) is 18.6 Å². The van der Waals surface area contributed by atoms with Gasteiger partial charge in [0.15, 0.2) is 11.5 Å². The maximum absolute atomic E-state index is 13.8. The number of hydrogen-bond acceptors (Lipinski definition) is 7. The number of ether oxygens (including phenoxy) is 3. The highest BCUT2D eigenvalue weighted by Crippen LogP contribution is 2.27. The standard InChI is InChI=1S/C33H41N3O6/c1-39-30-13-11-28(24-31(30)40-2)15-18-36(25-29-10-6-21-42-29)33(38)26-35(17-7-16-34-19-22-41-23-20-34)32(37)14-12-27-8-4-3-5-9-27/h3-6,8-14,21,24H,7,15-20,22-23,25-26H2,1-2H3/b14-12+. The summed E-state index contributed by atoms with van der Waals surface area (Å²) in [5.74, 6) is 1.65. The zero-order valence-corrected chi connectivity index (χ0v) is 24.6. The van der Waals surface area contributed by atoms with Gasteiger partial charge in [0.1, 0.15) is 12.3 Å². The smallest absolute Gasteiger partial charge is 0.247 e. The lowest BCUT2D eigenvalue weighted by atomic mass is 10.1. The van der Waals surface area contributed by atoms with E-state index >= 15 is 0 Å². The van der Waals surface area contributed by atoms with E-state index < -0.39 is 0 Å². The molecule has 2 heterocycles. The number of furan rings is 1. The minimum absolute atomic E-state index is 0.0201. The zero-order valence-electron chi connectivity index (χ0n) is 24.6. The third-order valence-electron chi connectivity index (χ3n) is 7.26. The molecule has 0 unspecified atom stereocenters. The van der Waals surface area contributed by atoms with Crippen molar-refractivity contribution in [1.82, 2.24) is 14.7 Å². The van der Waals surface area contributed by atoms with Crippen LogP contribution in [0.4, 0.5) is 0 Å².